The summed E-state index contributed by atoms with van der Waals surface area (Å²) in [4.78, 5) is 15.3. The lowest BCUT2D eigenvalue weighted by Crippen LogP contribution is -1.97. The maximum absolute atomic E-state index is 12.2. The zero-order valence-corrected chi connectivity index (χ0v) is 10.3. The first-order chi connectivity index (χ1) is 8.25. The second-order valence-corrected chi connectivity index (χ2v) is 4.95. The Bertz CT molecular complexity index is 685. The van der Waals surface area contributed by atoms with E-state index in [2.05, 4.69) is 4.98 Å². The Labute approximate surface area is 107 Å². The highest BCUT2D eigenvalue weighted by Crippen LogP contribution is 2.24. The molecule has 1 aromatic carbocycles. The van der Waals surface area contributed by atoms with Crippen molar-refractivity contribution in [2.75, 3.05) is 0 Å². The number of thiophene rings is 1. The normalized spacial score (nSPS) is 10.9. The van der Waals surface area contributed by atoms with Crippen LogP contribution in [0, 0.1) is 0 Å². The van der Waals surface area contributed by atoms with E-state index in [0.29, 0.717) is 10.6 Å². The first-order valence-corrected chi connectivity index (χ1v) is 6.41. The lowest BCUT2D eigenvalue weighted by molar-refractivity contribution is 0.104. The van der Waals surface area contributed by atoms with E-state index >= 15 is 0 Å². The van der Waals surface area contributed by atoms with Crippen molar-refractivity contribution in [3.63, 3.8) is 0 Å². The number of hydrogen-bond acceptors (Lipinski definition) is 2. The van der Waals surface area contributed by atoms with Crippen LogP contribution in [0.5, 0.6) is 0 Å². The molecule has 0 fully saturated rings. The Morgan fingerprint density at radius 1 is 1.29 bits per heavy atom. The highest BCUT2D eigenvalue weighted by molar-refractivity contribution is 7.08. The third-order valence-electron chi connectivity index (χ3n) is 2.67. The van der Waals surface area contributed by atoms with Gasteiger partial charge < -0.3 is 4.98 Å². The molecule has 0 radical (unpaired) electrons. The minimum atomic E-state index is 0.0415. The Hall–Kier alpha value is -1.58. The minimum Gasteiger partial charge on any atom is -0.360 e. The van der Waals surface area contributed by atoms with Crippen molar-refractivity contribution < 1.29 is 4.79 Å². The van der Waals surface area contributed by atoms with Gasteiger partial charge in [0.1, 0.15) is 0 Å². The van der Waals surface area contributed by atoms with Crippen molar-refractivity contribution in [1.29, 1.82) is 0 Å². The Morgan fingerprint density at radius 3 is 2.94 bits per heavy atom. The molecule has 2 heterocycles. The molecule has 2 nitrogen and oxygen atoms in total. The Morgan fingerprint density at radius 2 is 2.18 bits per heavy atom. The molecule has 1 N–H and O–H groups in total. The summed E-state index contributed by atoms with van der Waals surface area (Å²) < 4.78 is 0. The SMILES string of the molecule is O=C(c1ccsc1)c1c[nH]c2cc(Cl)ccc12. The number of H-pyrrole nitrogens is 1. The van der Waals surface area contributed by atoms with E-state index in [9.17, 15) is 4.79 Å². The molecule has 0 aliphatic heterocycles. The molecule has 0 unspecified atom stereocenters. The molecule has 0 bridgehead atoms. The van der Waals surface area contributed by atoms with E-state index in [1.54, 1.807) is 12.3 Å². The maximum atomic E-state index is 12.2. The van der Waals surface area contributed by atoms with E-state index in [0.717, 1.165) is 16.5 Å². The van der Waals surface area contributed by atoms with Crippen molar-refractivity contribution in [3.05, 3.63) is 57.4 Å². The fourth-order valence-electron chi connectivity index (χ4n) is 1.84. The third-order valence-corrected chi connectivity index (χ3v) is 3.59. The molecule has 84 valence electrons. The Kier molecular flexibility index (Phi) is 2.50. The molecule has 0 aliphatic rings. The second kappa shape index (κ2) is 4.02. The van der Waals surface area contributed by atoms with Gasteiger partial charge in [0.15, 0.2) is 5.78 Å². The molecule has 0 spiro atoms. The number of halogens is 1. The molecule has 4 heteroatoms. The molecule has 17 heavy (non-hydrogen) atoms. The first-order valence-electron chi connectivity index (χ1n) is 5.09. The summed E-state index contributed by atoms with van der Waals surface area (Å²) in [6, 6.07) is 7.32. The average Bonchev–Trinajstić information content (AvgIpc) is 2.96. The van der Waals surface area contributed by atoms with Crippen molar-refractivity contribution in [1.82, 2.24) is 4.98 Å². The highest BCUT2D eigenvalue weighted by atomic mass is 35.5. The fraction of sp³-hybridized carbons (Fsp3) is 0. The van der Waals surface area contributed by atoms with Gasteiger partial charge in [-0.3, -0.25) is 4.79 Å². The van der Waals surface area contributed by atoms with Gasteiger partial charge in [-0.15, -0.1) is 0 Å². The molecule has 3 rings (SSSR count). The lowest BCUT2D eigenvalue weighted by atomic mass is 10.1. The van der Waals surface area contributed by atoms with Crippen LogP contribution in [-0.4, -0.2) is 10.8 Å². The number of aromatic amines is 1. The number of fused-ring (bicyclic) bond motifs is 1. The third kappa shape index (κ3) is 1.77. The summed E-state index contributed by atoms with van der Waals surface area (Å²) in [5, 5.41) is 5.33. The van der Waals surface area contributed by atoms with Crippen LogP contribution in [0.2, 0.25) is 5.02 Å². The number of aromatic nitrogens is 1. The molecule has 0 saturated carbocycles. The summed E-state index contributed by atoms with van der Waals surface area (Å²) in [6.45, 7) is 0. The van der Waals surface area contributed by atoms with Crippen LogP contribution in [0.25, 0.3) is 10.9 Å². The van der Waals surface area contributed by atoms with Crippen LogP contribution in [0.15, 0.2) is 41.2 Å². The van der Waals surface area contributed by atoms with Crippen LogP contribution in [0.4, 0.5) is 0 Å². The van der Waals surface area contributed by atoms with Crippen molar-refractivity contribution in [3.8, 4) is 0 Å². The van der Waals surface area contributed by atoms with Gasteiger partial charge in [-0.05, 0) is 23.6 Å². The molecule has 3 aromatic rings. The summed E-state index contributed by atoms with van der Waals surface area (Å²) in [5.41, 5.74) is 2.30. The van der Waals surface area contributed by atoms with Crippen molar-refractivity contribution in [2.24, 2.45) is 0 Å². The van der Waals surface area contributed by atoms with Crippen LogP contribution in [-0.2, 0) is 0 Å². The Balaban J connectivity index is 2.15. The quantitative estimate of drug-likeness (QED) is 0.692. The van der Waals surface area contributed by atoms with Crippen LogP contribution < -0.4 is 0 Å². The molecule has 0 amide bonds. The van der Waals surface area contributed by atoms with Gasteiger partial charge in [0, 0.05) is 38.6 Å². The number of hydrogen-bond donors (Lipinski definition) is 1. The number of rotatable bonds is 2. The van der Waals surface area contributed by atoms with E-state index in [4.69, 9.17) is 11.6 Å². The number of ketones is 1. The van der Waals surface area contributed by atoms with Gasteiger partial charge in [0.2, 0.25) is 0 Å². The van der Waals surface area contributed by atoms with Crippen molar-refractivity contribution in [2.45, 2.75) is 0 Å². The summed E-state index contributed by atoms with van der Waals surface area (Å²) in [6.07, 6.45) is 1.74. The summed E-state index contributed by atoms with van der Waals surface area (Å²) in [5.74, 6) is 0.0415. The molecule has 2 aromatic heterocycles. The smallest absolute Gasteiger partial charge is 0.196 e. The lowest BCUT2D eigenvalue weighted by Gasteiger charge is -1.96. The van der Waals surface area contributed by atoms with Gasteiger partial charge in [0.25, 0.3) is 0 Å². The predicted octanol–water partition coefficient (Wildman–Crippen LogP) is 4.11. The van der Waals surface area contributed by atoms with Gasteiger partial charge in [-0.1, -0.05) is 17.7 Å². The number of nitrogens with one attached hydrogen (secondary N) is 1. The molecular formula is C13H8ClNOS. The van der Waals surface area contributed by atoms with Crippen molar-refractivity contribution >= 4 is 39.6 Å². The van der Waals surface area contributed by atoms with Gasteiger partial charge >= 0.3 is 0 Å². The zero-order valence-electron chi connectivity index (χ0n) is 8.74. The predicted molar refractivity (Wildman–Crippen MR) is 71.1 cm³/mol. The molecule has 0 atom stereocenters. The second-order valence-electron chi connectivity index (χ2n) is 3.73. The van der Waals surface area contributed by atoms with E-state index in [1.807, 2.05) is 29.0 Å². The largest absolute Gasteiger partial charge is 0.360 e. The molecule has 0 aliphatic carbocycles. The first kappa shape index (κ1) is 10.6. The van der Waals surface area contributed by atoms with E-state index < -0.39 is 0 Å². The van der Waals surface area contributed by atoms with Crippen LogP contribution in [0.3, 0.4) is 0 Å². The van der Waals surface area contributed by atoms with Gasteiger partial charge in [-0.25, -0.2) is 0 Å². The number of benzene rings is 1. The average molecular weight is 262 g/mol. The van der Waals surface area contributed by atoms with Gasteiger partial charge in [-0.2, -0.15) is 11.3 Å². The number of carbonyl (C=O) groups excluding carboxylic acids is 1. The zero-order chi connectivity index (χ0) is 11.8. The minimum absolute atomic E-state index is 0.0415. The standard InChI is InChI=1S/C13H8ClNOS/c14-9-1-2-10-11(6-15-12(10)5-9)13(16)8-3-4-17-7-8/h1-7,15H. The van der Waals surface area contributed by atoms with E-state index in [1.165, 1.54) is 11.3 Å². The fourth-order valence-corrected chi connectivity index (χ4v) is 2.64. The maximum Gasteiger partial charge on any atom is 0.196 e. The van der Waals surface area contributed by atoms with Crippen LogP contribution in [0.1, 0.15) is 15.9 Å². The topological polar surface area (TPSA) is 32.9 Å². The van der Waals surface area contributed by atoms with Gasteiger partial charge in [0.05, 0.1) is 0 Å². The molecule has 0 saturated heterocycles. The summed E-state index contributed by atoms with van der Waals surface area (Å²) >= 11 is 7.42. The van der Waals surface area contributed by atoms with E-state index in [-0.39, 0.29) is 5.78 Å². The van der Waals surface area contributed by atoms with Crippen LogP contribution >= 0.6 is 22.9 Å². The summed E-state index contributed by atoms with van der Waals surface area (Å²) in [7, 11) is 0. The number of carbonyl (C=O) groups is 1. The monoisotopic (exact) mass is 261 g/mol. The highest BCUT2D eigenvalue weighted by Gasteiger charge is 2.14. The molecular weight excluding hydrogens is 254 g/mol.